The molecule has 0 N–H and O–H groups in total. The normalized spacial score (nSPS) is 2.46. The zero-order valence-electron chi connectivity index (χ0n) is 7.05. The molecule has 0 aromatic carbocycles. The summed E-state index contributed by atoms with van der Waals surface area (Å²) in [6.45, 7) is 11.1. The molecule has 5 nitrogen and oxygen atoms in total. The zero-order chi connectivity index (χ0) is 11.4. The molecule has 0 amide bonds. The summed E-state index contributed by atoms with van der Waals surface area (Å²) >= 11 is 0. The number of nitriles is 1. The number of nitrogens with zero attached hydrogens (tertiary/aromatic N) is 1. The van der Waals surface area contributed by atoms with E-state index in [0.29, 0.717) is 0 Å². The van der Waals surface area contributed by atoms with Crippen molar-refractivity contribution >= 4 is 27.2 Å². The van der Waals surface area contributed by atoms with Crippen LogP contribution < -0.4 is 0 Å². The van der Waals surface area contributed by atoms with E-state index in [1.165, 1.54) is 6.42 Å². The molecule has 0 fully saturated rings. The summed E-state index contributed by atoms with van der Waals surface area (Å²) in [5, 5.41) is 7.51. The maximum absolute atomic E-state index is 8.00. The molecule has 0 aliphatic rings. The Bertz CT molecular complexity index is 79.1. The van der Waals surface area contributed by atoms with E-state index in [1.807, 2.05) is 27.2 Å². The molecule has 0 bridgehead atoms. The van der Waals surface area contributed by atoms with E-state index in [1.54, 1.807) is 6.07 Å². The minimum atomic E-state index is 0. The first-order valence-electron chi connectivity index (χ1n) is 2.08. The average Bonchev–Trinajstić information content (AvgIpc) is 2.29. The Balaban J connectivity index is -0.0000000122. The fraction of sp³-hybridized carbons (Fsp3) is 0. The van der Waals surface area contributed by atoms with Gasteiger partial charge in [0.25, 0.3) is 0 Å². The standard InChI is InChI=1S/C3H3N.4CH2O.Fe/c1-2-3-4;4*1-2;/h2H,1H2;4*1H2;/q-2;;;;;+2. The summed E-state index contributed by atoms with van der Waals surface area (Å²) < 4.78 is 0. The van der Waals surface area contributed by atoms with Crippen LogP contribution in [0.5, 0.6) is 0 Å². The monoisotopic (exact) mass is 229 g/mol. The quantitative estimate of drug-likeness (QED) is 0.423. The SMILES string of the molecule is C=O.C=O.C=O.C=O.[CH2-][CH-]C#N.[Fe+2]. The number of carbonyl (C=O) groups is 4. The third-order valence-corrected chi connectivity index (χ3v) is 0.0913. The van der Waals surface area contributed by atoms with Gasteiger partial charge in [0.15, 0.2) is 0 Å². The second-order valence-electron chi connectivity index (χ2n) is 0.333. The van der Waals surface area contributed by atoms with Crippen molar-refractivity contribution in [1.29, 1.82) is 5.26 Å². The molecule has 13 heavy (non-hydrogen) atoms. The number of hydrogen-bond acceptors (Lipinski definition) is 5. The molecule has 6 heteroatoms. The van der Waals surface area contributed by atoms with Gasteiger partial charge in [0.05, 0.1) is 0 Å². The van der Waals surface area contributed by atoms with Crippen molar-refractivity contribution in [3.8, 4) is 6.07 Å². The van der Waals surface area contributed by atoms with Crippen LogP contribution >= 0.6 is 0 Å². The van der Waals surface area contributed by atoms with Crippen molar-refractivity contribution < 1.29 is 36.2 Å². The van der Waals surface area contributed by atoms with E-state index in [9.17, 15) is 0 Å². The molecule has 0 aromatic rings. The summed E-state index contributed by atoms with van der Waals surface area (Å²) in [6, 6.07) is 1.69. The third kappa shape index (κ3) is 3990. The minimum Gasteiger partial charge on any atom is -0.486 e. The van der Waals surface area contributed by atoms with Crippen LogP contribution in [0.15, 0.2) is 0 Å². The van der Waals surface area contributed by atoms with Crippen LogP contribution in [-0.4, -0.2) is 27.2 Å². The van der Waals surface area contributed by atoms with Gasteiger partial charge in [-0.3, -0.25) is 0 Å². The molecule has 0 spiro atoms. The Kier molecular flexibility index (Phi) is 9890. The molecule has 0 aromatic heterocycles. The summed E-state index contributed by atoms with van der Waals surface area (Å²) in [5.41, 5.74) is 0. The molecule has 0 rings (SSSR count). The Hall–Kier alpha value is -1.44. The predicted octanol–water partition coefficient (Wildman–Crippen LogP) is -0.194. The van der Waals surface area contributed by atoms with Crippen LogP contribution in [-0.2, 0) is 36.2 Å². The number of carbonyl (C=O) groups excluding carboxylic acids is 4. The molecular formula is C7H11FeNO4. The van der Waals surface area contributed by atoms with Gasteiger partial charge >= 0.3 is 17.1 Å². The zero-order valence-corrected chi connectivity index (χ0v) is 8.15. The summed E-state index contributed by atoms with van der Waals surface area (Å²) in [5.74, 6) is 0. The molecule has 0 heterocycles. The fourth-order valence-corrected chi connectivity index (χ4v) is 0. The van der Waals surface area contributed by atoms with Crippen molar-refractivity contribution in [2.75, 3.05) is 0 Å². The molecular weight excluding hydrogens is 218 g/mol. The fourth-order valence-electron chi connectivity index (χ4n) is 0. The first-order valence-corrected chi connectivity index (χ1v) is 2.08. The van der Waals surface area contributed by atoms with Crippen molar-refractivity contribution in [3.05, 3.63) is 13.3 Å². The molecule has 76 valence electrons. The van der Waals surface area contributed by atoms with Gasteiger partial charge in [0.1, 0.15) is 27.2 Å². The van der Waals surface area contributed by atoms with Gasteiger partial charge in [-0.25, -0.2) is 5.26 Å². The van der Waals surface area contributed by atoms with E-state index >= 15 is 0 Å². The first-order chi connectivity index (χ1) is 5.91. The third-order valence-electron chi connectivity index (χ3n) is 0.0913. The summed E-state index contributed by atoms with van der Waals surface area (Å²) in [4.78, 5) is 32.0. The Morgan fingerprint density at radius 2 is 1.00 bits per heavy atom. The van der Waals surface area contributed by atoms with Crippen LogP contribution in [0.1, 0.15) is 0 Å². The van der Waals surface area contributed by atoms with Crippen molar-refractivity contribution in [3.63, 3.8) is 0 Å². The second kappa shape index (κ2) is 3080. The second-order valence-corrected chi connectivity index (χ2v) is 0.333. The van der Waals surface area contributed by atoms with Gasteiger partial charge in [-0.15, -0.1) is 6.07 Å². The summed E-state index contributed by atoms with van der Waals surface area (Å²) in [6.07, 6.45) is 1.18. The topological polar surface area (TPSA) is 92.1 Å². The van der Waals surface area contributed by atoms with Gasteiger partial charge < -0.3 is 32.5 Å². The molecule has 0 aliphatic heterocycles. The molecule has 0 saturated heterocycles. The van der Waals surface area contributed by atoms with Crippen molar-refractivity contribution in [2.45, 2.75) is 0 Å². The Morgan fingerprint density at radius 1 is 0.923 bits per heavy atom. The minimum absolute atomic E-state index is 0. The largest absolute Gasteiger partial charge is 2.00 e. The molecule has 0 unspecified atom stereocenters. The van der Waals surface area contributed by atoms with Gasteiger partial charge in [-0.05, 0) is 0 Å². The Labute approximate surface area is 88.6 Å². The van der Waals surface area contributed by atoms with Crippen LogP contribution in [0.25, 0.3) is 0 Å². The molecule has 0 saturated carbocycles. The van der Waals surface area contributed by atoms with Crippen molar-refractivity contribution in [2.24, 2.45) is 0 Å². The van der Waals surface area contributed by atoms with Crippen LogP contribution in [0, 0.1) is 24.7 Å². The maximum atomic E-state index is 8.00. The maximum Gasteiger partial charge on any atom is 2.00 e. The van der Waals surface area contributed by atoms with Gasteiger partial charge in [0.2, 0.25) is 0 Å². The van der Waals surface area contributed by atoms with Gasteiger partial charge in [-0.2, -0.15) is 0 Å². The van der Waals surface area contributed by atoms with Crippen LogP contribution in [0.2, 0.25) is 0 Å². The smallest absolute Gasteiger partial charge is 0.486 e. The predicted molar refractivity (Wildman–Crippen MR) is 43.8 cm³/mol. The molecule has 0 atom stereocenters. The van der Waals surface area contributed by atoms with Gasteiger partial charge in [0, 0.05) is 0 Å². The number of rotatable bonds is 0. The summed E-state index contributed by atoms with van der Waals surface area (Å²) in [7, 11) is 0. The van der Waals surface area contributed by atoms with E-state index < -0.39 is 0 Å². The van der Waals surface area contributed by atoms with E-state index in [4.69, 9.17) is 24.4 Å². The molecule has 0 aliphatic carbocycles. The molecule has 0 radical (unpaired) electrons. The Morgan fingerprint density at radius 3 is 1.00 bits per heavy atom. The van der Waals surface area contributed by atoms with E-state index in [-0.39, 0.29) is 17.1 Å². The average molecular weight is 229 g/mol. The van der Waals surface area contributed by atoms with Crippen molar-refractivity contribution in [1.82, 2.24) is 0 Å². The van der Waals surface area contributed by atoms with E-state index in [2.05, 4.69) is 6.92 Å². The van der Waals surface area contributed by atoms with Gasteiger partial charge in [-0.1, -0.05) is 0 Å². The van der Waals surface area contributed by atoms with Crippen LogP contribution in [0.3, 0.4) is 0 Å². The number of hydrogen-bond donors (Lipinski definition) is 0. The van der Waals surface area contributed by atoms with Crippen LogP contribution in [0.4, 0.5) is 0 Å². The first kappa shape index (κ1) is 41.7. The van der Waals surface area contributed by atoms with E-state index in [0.717, 1.165) is 0 Å².